The number of carboxylic acid groups (broad SMARTS) is 4. The highest BCUT2D eigenvalue weighted by Crippen LogP contribution is 2.10. The van der Waals surface area contributed by atoms with E-state index in [1.165, 1.54) is 12.1 Å². The molecule has 0 amide bonds. The molecule has 15 nitrogen and oxygen atoms in total. The lowest BCUT2D eigenvalue weighted by molar-refractivity contribution is -0.141. The van der Waals surface area contributed by atoms with Crippen molar-refractivity contribution in [2.24, 2.45) is 33.7 Å². The van der Waals surface area contributed by atoms with Gasteiger partial charge in [0.2, 0.25) is 0 Å². The number of nitrogens with two attached hydrogens (primary N) is 5. The summed E-state index contributed by atoms with van der Waals surface area (Å²) in [6.07, 6.45) is 1.01. The maximum absolute atomic E-state index is 10.4. The van der Waals surface area contributed by atoms with Crippen molar-refractivity contribution in [3.8, 4) is 5.75 Å². The molecule has 1 aromatic carbocycles. The van der Waals surface area contributed by atoms with Gasteiger partial charge in [-0.3, -0.25) is 24.2 Å². The van der Waals surface area contributed by atoms with Crippen LogP contribution in [0, 0.1) is 0 Å². The maximum Gasteiger partial charge on any atom is 0.320 e. The van der Waals surface area contributed by atoms with Crippen molar-refractivity contribution in [2.75, 3.05) is 6.54 Å². The van der Waals surface area contributed by atoms with Crippen LogP contribution in [0.1, 0.15) is 31.2 Å². The van der Waals surface area contributed by atoms with Crippen molar-refractivity contribution in [1.29, 1.82) is 0 Å². The lowest BCUT2D eigenvalue weighted by Gasteiger charge is -2.05. The summed E-state index contributed by atoms with van der Waals surface area (Å²) >= 11 is 0. The summed E-state index contributed by atoms with van der Waals surface area (Å²) in [5, 5.41) is 42.1. The third-order valence-electron chi connectivity index (χ3n) is 3.98. The van der Waals surface area contributed by atoms with Crippen LogP contribution in [0.5, 0.6) is 5.75 Å². The van der Waals surface area contributed by atoms with Gasteiger partial charge in [0.05, 0.1) is 0 Å². The second kappa shape index (κ2) is 18.5. The van der Waals surface area contributed by atoms with Crippen molar-refractivity contribution >= 4 is 29.8 Å². The summed E-state index contributed by atoms with van der Waals surface area (Å²) < 4.78 is 0. The number of hydrogen-bond donors (Lipinski definition) is 10. The van der Waals surface area contributed by atoms with E-state index in [2.05, 4.69) is 4.99 Å². The molecule has 0 aliphatic carbocycles. The van der Waals surface area contributed by atoms with Gasteiger partial charge in [-0.25, -0.2) is 0 Å². The first-order valence-electron chi connectivity index (χ1n) is 10.2. The highest BCUT2D eigenvalue weighted by Gasteiger charge is 2.12. The molecule has 0 bridgehead atoms. The molecule has 0 heterocycles. The number of hydrogen-bond acceptors (Lipinski definition) is 9. The zero-order valence-electron chi connectivity index (χ0n) is 19.0. The Balaban J connectivity index is 0. The van der Waals surface area contributed by atoms with Gasteiger partial charge < -0.3 is 54.2 Å². The number of guanidine groups is 1. The van der Waals surface area contributed by atoms with E-state index < -0.39 is 42.0 Å². The topological polar surface area (TPSA) is 312 Å². The predicted octanol–water partition coefficient (Wildman–Crippen LogP) is -1.94. The van der Waals surface area contributed by atoms with E-state index in [4.69, 9.17) is 54.2 Å². The molecule has 0 spiro atoms. The lowest BCUT2D eigenvalue weighted by atomic mass is 10.1. The highest BCUT2D eigenvalue weighted by atomic mass is 16.4. The largest absolute Gasteiger partial charge is 0.508 e. The number of rotatable bonds is 12. The van der Waals surface area contributed by atoms with E-state index in [0.29, 0.717) is 19.4 Å². The summed E-state index contributed by atoms with van der Waals surface area (Å²) in [7, 11) is 0. The number of carbonyl (C=O) groups is 4. The lowest BCUT2D eigenvalue weighted by Crippen LogP contribution is -2.32. The van der Waals surface area contributed by atoms with Gasteiger partial charge in [-0.2, -0.15) is 0 Å². The molecular formula is C20H34N6O9. The van der Waals surface area contributed by atoms with Crippen LogP contribution >= 0.6 is 0 Å². The predicted molar refractivity (Wildman–Crippen MR) is 125 cm³/mol. The molecule has 198 valence electrons. The fourth-order valence-electron chi connectivity index (χ4n) is 2.02. The van der Waals surface area contributed by atoms with Crippen LogP contribution < -0.4 is 28.7 Å². The van der Waals surface area contributed by atoms with Crippen molar-refractivity contribution in [2.45, 2.75) is 50.2 Å². The molecule has 0 saturated heterocycles. The van der Waals surface area contributed by atoms with E-state index in [1.807, 2.05) is 0 Å². The van der Waals surface area contributed by atoms with E-state index >= 15 is 0 Å². The molecule has 0 saturated carbocycles. The molecule has 15 N–H and O–H groups in total. The number of aliphatic imine (C=N–C) groups is 1. The molecule has 0 radical (unpaired) electrons. The number of phenols is 1. The van der Waals surface area contributed by atoms with Crippen LogP contribution in [-0.2, 0) is 25.6 Å². The molecule has 0 fully saturated rings. The Bertz CT molecular complexity index is 829. The fraction of sp³-hybridized carbons (Fsp3) is 0.450. The number of benzene rings is 1. The van der Waals surface area contributed by atoms with Gasteiger partial charge in [-0.15, -0.1) is 0 Å². The standard InChI is InChI=1S/C9H11NO3.C6H14N4O2.C5H9NO4/c10-8(9(12)13)5-6-1-3-7(11)4-2-6;7-4(5(11)12)2-1-3-10-6(8)9;6-3(5(9)10)1-2-4(7)8/h1-4,8,11H,5,10H2,(H,12,13);4H,1-3,7H2,(H,11,12)(H4,8,9,10);3H,1-2,6H2,(H,7,8)(H,9,10)/t8-;4-;3-/m000/s1. The normalized spacial score (nSPS) is 12.3. The molecule has 0 unspecified atom stereocenters. The molecule has 15 heteroatoms. The second-order valence-electron chi connectivity index (χ2n) is 7.09. The number of carboxylic acids is 4. The van der Waals surface area contributed by atoms with Gasteiger partial charge in [-0.1, -0.05) is 12.1 Å². The maximum atomic E-state index is 10.4. The van der Waals surface area contributed by atoms with Crippen molar-refractivity contribution < 1.29 is 44.7 Å². The third-order valence-corrected chi connectivity index (χ3v) is 3.98. The summed E-state index contributed by atoms with van der Waals surface area (Å²) in [6.45, 7) is 0.420. The summed E-state index contributed by atoms with van der Waals surface area (Å²) in [6, 6.07) is 3.55. The quantitative estimate of drug-likeness (QED) is 0.0844. The zero-order chi connectivity index (χ0) is 27.6. The van der Waals surface area contributed by atoms with Crippen LogP contribution in [0.4, 0.5) is 0 Å². The zero-order valence-corrected chi connectivity index (χ0v) is 19.0. The summed E-state index contributed by atoms with van der Waals surface area (Å²) in [4.78, 5) is 44.2. The molecule has 0 aliphatic rings. The molecule has 1 aromatic rings. The van der Waals surface area contributed by atoms with E-state index in [9.17, 15) is 19.2 Å². The van der Waals surface area contributed by atoms with E-state index in [0.717, 1.165) is 5.56 Å². The Morgan fingerprint density at radius 2 is 1.23 bits per heavy atom. The average molecular weight is 503 g/mol. The van der Waals surface area contributed by atoms with Gasteiger partial charge in [0.15, 0.2) is 5.96 Å². The Morgan fingerprint density at radius 3 is 1.63 bits per heavy atom. The first-order chi connectivity index (χ1) is 16.2. The van der Waals surface area contributed by atoms with Gasteiger partial charge in [0.25, 0.3) is 0 Å². The third kappa shape index (κ3) is 20.4. The molecule has 0 aliphatic heterocycles. The Kier molecular flexibility index (Phi) is 17.5. The van der Waals surface area contributed by atoms with Gasteiger partial charge >= 0.3 is 23.9 Å². The Hall–Kier alpha value is -3.95. The van der Waals surface area contributed by atoms with Crippen LogP contribution in [0.3, 0.4) is 0 Å². The van der Waals surface area contributed by atoms with Crippen molar-refractivity contribution in [3.63, 3.8) is 0 Å². The van der Waals surface area contributed by atoms with Gasteiger partial charge in [0.1, 0.15) is 23.9 Å². The Morgan fingerprint density at radius 1 is 0.771 bits per heavy atom. The van der Waals surface area contributed by atoms with Crippen molar-refractivity contribution in [1.82, 2.24) is 0 Å². The van der Waals surface area contributed by atoms with Crippen molar-refractivity contribution in [3.05, 3.63) is 29.8 Å². The molecular weight excluding hydrogens is 468 g/mol. The SMILES string of the molecule is NC(N)=NCCC[C@H](N)C(=O)O.N[C@@H](CCC(=O)O)C(=O)O.N[C@@H](Cc1ccc(O)cc1)C(=O)O. The minimum absolute atomic E-state index is 0.0129. The van der Waals surface area contributed by atoms with Crippen LogP contribution in [-0.4, -0.2) is 80.0 Å². The molecule has 0 aromatic heterocycles. The minimum atomic E-state index is -1.17. The number of aromatic hydroxyl groups is 1. The summed E-state index contributed by atoms with van der Waals surface area (Å²) in [5.41, 5.74) is 26.4. The Labute approximate surface area is 201 Å². The first kappa shape index (κ1) is 33.2. The first-order valence-corrected chi connectivity index (χ1v) is 10.2. The van der Waals surface area contributed by atoms with Crippen LogP contribution in [0.25, 0.3) is 0 Å². The highest BCUT2D eigenvalue weighted by molar-refractivity contribution is 5.76. The number of nitrogens with zero attached hydrogens (tertiary/aromatic N) is 1. The number of aliphatic carboxylic acids is 4. The summed E-state index contributed by atoms with van der Waals surface area (Å²) in [5.74, 6) is -4.04. The number of phenolic OH excluding ortho intramolecular Hbond substituents is 1. The monoisotopic (exact) mass is 502 g/mol. The van der Waals surface area contributed by atoms with E-state index in [-0.39, 0.29) is 31.0 Å². The van der Waals surface area contributed by atoms with Crippen LogP contribution in [0.2, 0.25) is 0 Å². The minimum Gasteiger partial charge on any atom is -0.508 e. The molecule has 3 atom stereocenters. The fourth-order valence-corrected chi connectivity index (χ4v) is 2.02. The van der Waals surface area contributed by atoms with Gasteiger partial charge in [0, 0.05) is 13.0 Å². The molecule has 1 rings (SSSR count). The average Bonchev–Trinajstić information content (AvgIpc) is 2.76. The van der Waals surface area contributed by atoms with Crippen LogP contribution in [0.15, 0.2) is 29.3 Å². The smallest absolute Gasteiger partial charge is 0.320 e. The van der Waals surface area contributed by atoms with Gasteiger partial charge in [-0.05, 0) is 43.4 Å². The van der Waals surface area contributed by atoms with E-state index in [1.54, 1.807) is 12.1 Å². The second-order valence-corrected chi connectivity index (χ2v) is 7.09. The molecule has 35 heavy (non-hydrogen) atoms.